The van der Waals surface area contributed by atoms with Crippen LogP contribution in [0.2, 0.25) is 0 Å². The summed E-state index contributed by atoms with van der Waals surface area (Å²) < 4.78 is 7.84. The van der Waals surface area contributed by atoms with Crippen molar-refractivity contribution in [3.63, 3.8) is 0 Å². The van der Waals surface area contributed by atoms with Gasteiger partial charge < -0.3 is 9.73 Å². The topological polar surface area (TPSA) is 90.0 Å². The Morgan fingerprint density at radius 3 is 2.47 bits per heavy atom. The maximum Gasteiger partial charge on any atom is 0.255 e. The van der Waals surface area contributed by atoms with Crippen LogP contribution in [0, 0.1) is 6.92 Å². The fourth-order valence-corrected chi connectivity index (χ4v) is 3.97. The summed E-state index contributed by atoms with van der Waals surface area (Å²) in [5.74, 6) is 0.152. The van der Waals surface area contributed by atoms with Crippen LogP contribution in [0.1, 0.15) is 34.5 Å². The first-order valence-corrected chi connectivity index (χ1v) is 10.9. The van der Waals surface area contributed by atoms with Crippen molar-refractivity contribution in [3.05, 3.63) is 112 Å². The minimum Gasteiger partial charge on any atom is -0.455 e. The number of para-hydroxylation sites is 1. The van der Waals surface area contributed by atoms with Gasteiger partial charge in [0.2, 0.25) is 0 Å². The highest BCUT2D eigenvalue weighted by molar-refractivity contribution is 6.05. The van der Waals surface area contributed by atoms with Crippen molar-refractivity contribution in [1.82, 2.24) is 20.1 Å². The van der Waals surface area contributed by atoms with Gasteiger partial charge in [-0.1, -0.05) is 48.5 Å². The monoisotopic (exact) mass is 450 g/mol. The second-order valence-corrected chi connectivity index (χ2v) is 8.06. The molecule has 0 bridgehead atoms. The molecule has 0 saturated carbocycles. The molecule has 0 aliphatic rings. The number of nitrogens with zero attached hydrogens (tertiary/aromatic N) is 3. The Bertz CT molecular complexity index is 1520. The number of nitrogens with one attached hydrogen (secondary N) is 1. The van der Waals surface area contributed by atoms with Crippen LogP contribution in [-0.4, -0.2) is 20.7 Å². The molecule has 0 radical (unpaired) electrons. The molecule has 2 heterocycles. The van der Waals surface area contributed by atoms with Crippen LogP contribution in [0.5, 0.6) is 0 Å². The minimum absolute atomic E-state index is 0.147. The van der Waals surface area contributed by atoms with Gasteiger partial charge in [0.15, 0.2) is 11.0 Å². The first-order chi connectivity index (χ1) is 16.5. The molecule has 168 valence electrons. The van der Waals surface area contributed by atoms with E-state index in [2.05, 4.69) is 15.4 Å². The highest BCUT2D eigenvalue weighted by Crippen LogP contribution is 2.27. The minimum atomic E-state index is -0.315. The number of benzene rings is 3. The molecule has 1 amide bonds. The average Bonchev–Trinajstić information content (AvgIpc) is 3.41. The third-order valence-electron chi connectivity index (χ3n) is 5.85. The van der Waals surface area contributed by atoms with Crippen molar-refractivity contribution in [2.45, 2.75) is 19.9 Å². The maximum absolute atomic E-state index is 13.2. The normalized spacial score (nSPS) is 11.9. The van der Waals surface area contributed by atoms with E-state index < -0.39 is 0 Å². The zero-order chi connectivity index (χ0) is 23.7. The van der Waals surface area contributed by atoms with Gasteiger partial charge >= 0.3 is 0 Å². The molecule has 5 aromatic rings. The number of fused-ring (bicyclic) bond motifs is 1. The number of hydrogen-bond acceptors (Lipinski definition) is 5. The summed E-state index contributed by atoms with van der Waals surface area (Å²) >= 11 is 0. The standard InChI is InChI=1S/C27H22N4O3/c1-17-24(32)22-9-6-10-23(26(22)34-25(17)20-7-4-3-5-8-20)27(33)30-18(2)19-11-13-21(14-12-19)31-16-28-15-29-31/h3-16,18H,1-2H3,(H,30,33)/t18-/m1/s1. The van der Waals surface area contributed by atoms with Crippen LogP contribution in [0.25, 0.3) is 28.0 Å². The lowest BCUT2D eigenvalue weighted by molar-refractivity contribution is 0.0940. The van der Waals surface area contributed by atoms with Gasteiger partial charge in [-0.25, -0.2) is 9.67 Å². The van der Waals surface area contributed by atoms with Gasteiger partial charge in [-0.3, -0.25) is 9.59 Å². The lowest BCUT2D eigenvalue weighted by Crippen LogP contribution is -2.27. The molecular weight excluding hydrogens is 428 g/mol. The molecule has 1 atom stereocenters. The molecule has 0 aliphatic heterocycles. The van der Waals surface area contributed by atoms with Crippen LogP contribution in [0.15, 0.2) is 94.7 Å². The Morgan fingerprint density at radius 1 is 1.00 bits per heavy atom. The van der Waals surface area contributed by atoms with Crippen LogP contribution in [-0.2, 0) is 0 Å². The van der Waals surface area contributed by atoms with E-state index in [1.807, 2.05) is 61.5 Å². The molecule has 3 aromatic carbocycles. The highest BCUT2D eigenvalue weighted by atomic mass is 16.3. The number of rotatable bonds is 5. The molecule has 34 heavy (non-hydrogen) atoms. The van der Waals surface area contributed by atoms with Crippen molar-refractivity contribution in [2.24, 2.45) is 0 Å². The number of carbonyl (C=O) groups is 1. The first kappa shape index (κ1) is 21.3. The Kier molecular flexibility index (Phi) is 5.51. The van der Waals surface area contributed by atoms with Crippen LogP contribution < -0.4 is 10.7 Å². The molecule has 0 fully saturated rings. The van der Waals surface area contributed by atoms with Crippen LogP contribution >= 0.6 is 0 Å². The van der Waals surface area contributed by atoms with Gasteiger partial charge in [0.25, 0.3) is 5.91 Å². The van der Waals surface area contributed by atoms with Gasteiger partial charge in [-0.2, -0.15) is 5.10 Å². The second-order valence-electron chi connectivity index (χ2n) is 8.06. The average molecular weight is 450 g/mol. The predicted molar refractivity (Wildman–Crippen MR) is 130 cm³/mol. The summed E-state index contributed by atoms with van der Waals surface area (Å²) in [5, 5.41) is 7.52. The van der Waals surface area contributed by atoms with E-state index in [1.54, 1.807) is 36.1 Å². The van der Waals surface area contributed by atoms with E-state index in [4.69, 9.17) is 4.42 Å². The Hall–Kier alpha value is -4.52. The van der Waals surface area contributed by atoms with Gasteiger partial charge in [0.05, 0.1) is 22.7 Å². The highest BCUT2D eigenvalue weighted by Gasteiger charge is 2.20. The van der Waals surface area contributed by atoms with Crippen molar-refractivity contribution in [2.75, 3.05) is 0 Å². The molecule has 0 aliphatic carbocycles. The van der Waals surface area contributed by atoms with Crippen molar-refractivity contribution < 1.29 is 9.21 Å². The largest absolute Gasteiger partial charge is 0.455 e. The number of hydrogen-bond donors (Lipinski definition) is 1. The second kappa shape index (κ2) is 8.78. The van der Waals surface area contributed by atoms with Crippen molar-refractivity contribution >= 4 is 16.9 Å². The Morgan fingerprint density at radius 2 is 1.76 bits per heavy atom. The van der Waals surface area contributed by atoms with Gasteiger partial charge in [0.1, 0.15) is 18.4 Å². The smallest absolute Gasteiger partial charge is 0.255 e. The molecule has 7 nitrogen and oxygen atoms in total. The molecule has 1 N–H and O–H groups in total. The molecule has 5 rings (SSSR count). The van der Waals surface area contributed by atoms with E-state index in [9.17, 15) is 9.59 Å². The van der Waals surface area contributed by atoms with E-state index in [0.29, 0.717) is 22.3 Å². The quantitative estimate of drug-likeness (QED) is 0.414. The molecule has 0 unspecified atom stereocenters. The lowest BCUT2D eigenvalue weighted by Gasteiger charge is -2.16. The zero-order valence-electron chi connectivity index (χ0n) is 18.7. The third kappa shape index (κ3) is 3.88. The number of amides is 1. The lowest BCUT2D eigenvalue weighted by atomic mass is 10.0. The van der Waals surface area contributed by atoms with Gasteiger partial charge in [-0.05, 0) is 43.7 Å². The summed E-state index contributed by atoms with van der Waals surface area (Å²) in [5.41, 5.74) is 3.55. The SMILES string of the molecule is Cc1c(-c2ccccc2)oc2c(C(=O)N[C@H](C)c3ccc(-n4cncn4)cc3)cccc2c1=O. The molecule has 0 saturated heterocycles. The predicted octanol–water partition coefficient (Wildman–Crippen LogP) is 4.84. The summed E-state index contributed by atoms with van der Waals surface area (Å²) in [4.78, 5) is 30.3. The van der Waals surface area contributed by atoms with Gasteiger partial charge in [-0.15, -0.1) is 0 Å². The summed E-state index contributed by atoms with van der Waals surface area (Å²) in [7, 11) is 0. The third-order valence-corrected chi connectivity index (χ3v) is 5.85. The number of aromatic nitrogens is 3. The molecular formula is C27H22N4O3. The van der Waals surface area contributed by atoms with E-state index >= 15 is 0 Å². The van der Waals surface area contributed by atoms with Crippen molar-refractivity contribution in [3.8, 4) is 17.0 Å². The summed E-state index contributed by atoms with van der Waals surface area (Å²) in [6.45, 7) is 3.65. The van der Waals surface area contributed by atoms with Crippen LogP contribution in [0.4, 0.5) is 0 Å². The first-order valence-electron chi connectivity index (χ1n) is 10.9. The van der Waals surface area contributed by atoms with E-state index in [0.717, 1.165) is 16.8 Å². The van der Waals surface area contributed by atoms with E-state index in [1.165, 1.54) is 6.33 Å². The fourth-order valence-electron chi connectivity index (χ4n) is 3.97. The van der Waals surface area contributed by atoms with Gasteiger partial charge in [0, 0.05) is 11.1 Å². The summed E-state index contributed by atoms with van der Waals surface area (Å²) in [6, 6.07) is 21.9. The maximum atomic E-state index is 13.2. The Balaban J connectivity index is 1.47. The molecule has 7 heteroatoms. The number of carbonyl (C=O) groups excluding carboxylic acids is 1. The van der Waals surface area contributed by atoms with E-state index in [-0.39, 0.29) is 23.0 Å². The Labute approximate surface area is 195 Å². The fraction of sp³-hybridized carbons (Fsp3) is 0.111. The zero-order valence-corrected chi connectivity index (χ0v) is 18.7. The van der Waals surface area contributed by atoms with Crippen LogP contribution in [0.3, 0.4) is 0 Å². The molecule has 0 spiro atoms. The van der Waals surface area contributed by atoms with Crippen molar-refractivity contribution in [1.29, 1.82) is 0 Å². The molecule has 2 aromatic heterocycles. The summed E-state index contributed by atoms with van der Waals surface area (Å²) in [6.07, 6.45) is 3.10.